The van der Waals surface area contributed by atoms with Crippen LogP contribution in [-0.4, -0.2) is 41.4 Å². The fraction of sp³-hybridized carbons (Fsp3) is 0.615. The first kappa shape index (κ1) is 22.8. The summed E-state index contributed by atoms with van der Waals surface area (Å²) in [6.07, 6.45) is 5.56. The number of carbonyl (C=O) groups is 1. The molecule has 2 heterocycles. The van der Waals surface area contributed by atoms with E-state index in [4.69, 9.17) is 9.47 Å². The third-order valence-corrected chi connectivity index (χ3v) is 8.36. The van der Waals surface area contributed by atoms with Gasteiger partial charge in [0, 0.05) is 24.3 Å². The number of aryl methyl sites for hydroxylation is 1. The predicted molar refractivity (Wildman–Crippen MR) is 128 cm³/mol. The van der Waals surface area contributed by atoms with Crippen LogP contribution >= 0.6 is 11.3 Å². The Labute approximate surface area is 199 Å². The zero-order valence-corrected chi connectivity index (χ0v) is 20.3. The van der Waals surface area contributed by atoms with Crippen LogP contribution in [0.4, 0.5) is 0 Å². The summed E-state index contributed by atoms with van der Waals surface area (Å²) in [7, 11) is 0. The number of carbonyl (C=O) groups excluding carboxylic acids is 1. The lowest BCUT2D eigenvalue weighted by molar-refractivity contribution is -0.0811. The molecule has 5 atom stereocenters. The average molecular weight is 471 g/mol. The summed E-state index contributed by atoms with van der Waals surface area (Å²) in [6.45, 7) is 5.21. The van der Waals surface area contributed by atoms with Crippen molar-refractivity contribution >= 4 is 17.2 Å². The number of rotatable bonds is 8. The van der Waals surface area contributed by atoms with Crippen LogP contribution in [0, 0.1) is 11.8 Å². The van der Waals surface area contributed by atoms with Crippen LogP contribution < -0.4 is 10.1 Å². The van der Waals surface area contributed by atoms with E-state index < -0.39 is 6.10 Å². The topological polar surface area (TPSA) is 80.7 Å². The molecule has 1 amide bonds. The summed E-state index contributed by atoms with van der Waals surface area (Å²) in [6, 6.07) is 6.50. The van der Waals surface area contributed by atoms with E-state index in [1.165, 1.54) is 35.3 Å². The monoisotopic (exact) mass is 470 g/mol. The highest BCUT2D eigenvalue weighted by molar-refractivity contribution is 7.09. The van der Waals surface area contributed by atoms with Crippen molar-refractivity contribution in [1.29, 1.82) is 0 Å². The number of benzene rings is 1. The molecule has 7 heteroatoms. The SMILES string of the molecule is CCNC(=O)c1csc([C@H]2CC[C@@H]3[C@@H](COc4ccc(CC)c(C5CC5)c4)[C@@H](O)C[C@@H]3O2)n1. The smallest absolute Gasteiger partial charge is 0.270 e. The highest BCUT2D eigenvalue weighted by atomic mass is 32.1. The number of ether oxygens (including phenoxy) is 2. The zero-order valence-electron chi connectivity index (χ0n) is 19.5. The van der Waals surface area contributed by atoms with Crippen LogP contribution in [0.25, 0.3) is 0 Å². The van der Waals surface area contributed by atoms with E-state index in [-0.39, 0.29) is 30.0 Å². The van der Waals surface area contributed by atoms with Crippen molar-refractivity contribution in [3.63, 3.8) is 0 Å². The second-order valence-electron chi connectivity index (χ2n) is 9.60. The Morgan fingerprint density at radius 1 is 1.27 bits per heavy atom. The molecule has 1 saturated heterocycles. The van der Waals surface area contributed by atoms with Crippen molar-refractivity contribution in [3.05, 3.63) is 45.4 Å². The van der Waals surface area contributed by atoms with E-state index in [9.17, 15) is 9.90 Å². The lowest BCUT2D eigenvalue weighted by atomic mass is 9.87. The molecule has 2 aliphatic carbocycles. The van der Waals surface area contributed by atoms with Crippen LogP contribution in [0.2, 0.25) is 0 Å². The van der Waals surface area contributed by atoms with Crippen molar-refractivity contribution < 1.29 is 19.4 Å². The van der Waals surface area contributed by atoms with Crippen molar-refractivity contribution in [2.24, 2.45) is 11.8 Å². The molecule has 2 saturated carbocycles. The standard InChI is InChI=1S/C26H34N2O4S/c1-3-15-7-8-17(11-19(15)16-5-6-16)31-13-20-18-9-10-23(32-24(18)12-22(20)29)26-28-21(14-33-26)25(30)27-4-2/h7-8,11,14,16,18,20,22-24,29H,3-6,9-10,12-13H2,1-2H3,(H,27,30)/t18-,20-,22+,23-,24+/m1/s1. The zero-order chi connectivity index (χ0) is 22.9. The Kier molecular flexibility index (Phi) is 6.72. The number of amides is 1. The molecule has 3 fully saturated rings. The fourth-order valence-corrected chi connectivity index (χ4v) is 6.36. The van der Waals surface area contributed by atoms with Crippen LogP contribution in [0.15, 0.2) is 23.6 Å². The molecule has 0 bridgehead atoms. The average Bonchev–Trinajstić information content (AvgIpc) is 3.46. The van der Waals surface area contributed by atoms with Gasteiger partial charge in [-0.15, -0.1) is 11.3 Å². The number of aromatic nitrogens is 1. The Morgan fingerprint density at radius 2 is 2.12 bits per heavy atom. The van der Waals surface area contributed by atoms with Crippen molar-refractivity contribution in [3.8, 4) is 5.75 Å². The number of aliphatic hydroxyl groups excluding tert-OH is 1. The van der Waals surface area contributed by atoms with Gasteiger partial charge in [-0.2, -0.15) is 0 Å². The minimum atomic E-state index is -0.418. The van der Waals surface area contributed by atoms with Gasteiger partial charge in [-0.05, 0) is 74.1 Å². The number of fused-ring (bicyclic) bond motifs is 1. The van der Waals surface area contributed by atoms with E-state index >= 15 is 0 Å². The maximum atomic E-state index is 12.0. The lowest BCUT2D eigenvalue weighted by Gasteiger charge is -2.33. The Morgan fingerprint density at radius 3 is 2.88 bits per heavy atom. The molecule has 33 heavy (non-hydrogen) atoms. The van der Waals surface area contributed by atoms with Crippen molar-refractivity contribution in [1.82, 2.24) is 10.3 Å². The summed E-state index contributed by atoms with van der Waals surface area (Å²) >= 11 is 1.48. The van der Waals surface area contributed by atoms with Gasteiger partial charge in [0.2, 0.25) is 0 Å². The number of hydrogen-bond donors (Lipinski definition) is 2. The second-order valence-corrected chi connectivity index (χ2v) is 10.5. The van der Waals surface area contributed by atoms with Gasteiger partial charge < -0.3 is 19.9 Å². The molecular weight excluding hydrogens is 436 g/mol. The second kappa shape index (κ2) is 9.72. The van der Waals surface area contributed by atoms with E-state index in [0.717, 1.165) is 30.0 Å². The van der Waals surface area contributed by atoms with Gasteiger partial charge in [-0.25, -0.2) is 4.98 Å². The minimum Gasteiger partial charge on any atom is -0.493 e. The maximum Gasteiger partial charge on any atom is 0.270 e. The first-order valence-corrected chi connectivity index (χ1v) is 13.3. The van der Waals surface area contributed by atoms with Crippen LogP contribution in [-0.2, 0) is 11.2 Å². The Balaban J connectivity index is 1.20. The molecule has 178 valence electrons. The van der Waals surface area contributed by atoms with E-state index in [0.29, 0.717) is 31.2 Å². The van der Waals surface area contributed by atoms with Gasteiger partial charge in [-0.3, -0.25) is 4.79 Å². The van der Waals surface area contributed by atoms with Crippen LogP contribution in [0.3, 0.4) is 0 Å². The molecule has 5 rings (SSSR count). The molecule has 0 spiro atoms. The van der Waals surface area contributed by atoms with E-state index in [1.54, 1.807) is 5.38 Å². The van der Waals surface area contributed by atoms with E-state index in [1.807, 2.05) is 6.92 Å². The van der Waals surface area contributed by atoms with Gasteiger partial charge >= 0.3 is 0 Å². The molecule has 3 aliphatic rings. The largest absolute Gasteiger partial charge is 0.493 e. The molecule has 2 N–H and O–H groups in total. The van der Waals surface area contributed by atoms with Gasteiger partial charge in [0.15, 0.2) is 0 Å². The number of thiazole rings is 1. The fourth-order valence-electron chi connectivity index (χ4n) is 5.49. The van der Waals surface area contributed by atoms with Crippen LogP contribution in [0.5, 0.6) is 5.75 Å². The van der Waals surface area contributed by atoms with Crippen molar-refractivity contribution in [2.45, 2.75) is 76.6 Å². The third-order valence-electron chi connectivity index (χ3n) is 7.42. The third kappa shape index (κ3) is 4.81. The molecular formula is C26H34N2O4S. The number of nitrogens with one attached hydrogen (secondary N) is 1. The van der Waals surface area contributed by atoms with Gasteiger partial charge in [0.1, 0.15) is 22.6 Å². The molecule has 0 unspecified atom stereocenters. The first-order valence-electron chi connectivity index (χ1n) is 12.4. The molecule has 1 aromatic carbocycles. The summed E-state index contributed by atoms with van der Waals surface area (Å²) in [5.74, 6) is 1.84. The predicted octanol–water partition coefficient (Wildman–Crippen LogP) is 4.63. The first-order chi connectivity index (χ1) is 16.1. The highest BCUT2D eigenvalue weighted by Gasteiger charge is 2.47. The maximum absolute atomic E-state index is 12.0. The summed E-state index contributed by atoms with van der Waals surface area (Å²) in [5, 5.41) is 16.2. The highest BCUT2D eigenvalue weighted by Crippen LogP contribution is 2.47. The van der Waals surface area contributed by atoms with Gasteiger partial charge in [0.05, 0.1) is 18.8 Å². The molecule has 1 aliphatic heterocycles. The van der Waals surface area contributed by atoms with Crippen LogP contribution in [0.1, 0.15) is 84.6 Å². The van der Waals surface area contributed by atoms with Gasteiger partial charge in [0.25, 0.3) is 5.91 Å². The number of aliphatic hydroxyl groups is 1. The molecule has 2 aromatic rings. The minimum absolute atomic E-state index is 0.00802. The quantitative estimate of drug-likeness (QED) is 0.588. The van der Waals surface area contributed by atoms with E-state index in [2.05, 4.69) is 35.4 Å². The normalized spacial score (nSPS) is 29.0. The molecule has 1 aromatic heterocycles. The van der Waals surface area contributed by atoms with Gasteiger partial charge in [-0.1, -0.05) is 13.0 Å². The number of hydrogen-bond acceptors (Lipinski definition) is 6. The Hall–Kier alpha value is -1.96. The summed E-state index contributed by atoms with van der Waals surface area (Å²) in [5.41, 5.74) is 3.33. The molecule has 6 nitrogen and oxygen atoms in total. The van der Waals surface area contributed by atoms with Crippen molar-refractivity contribution in [2.75, 3.05) is 13.2 Å². The molecule has 0 radical (unpaired) electrons. The Bertz CT molecular complexity index is 988. The summed E-state index contributed by atoms with van der Waals surface area (Å²) in [4.78, 5) is 16.6. The summed E-state index contributed by atoms with van der Waals surface area (Å²) < 4.78 is 12.6. The number of nitrogens with zero attached hydrogens (tertiary/aromatic N) is 1. The lowest BCUT2D eigenvalue weighted by Crippen LogP contribution is -2.33.